The molecule has 1 aromatic rings. The number of hydrogen-bond acceptors (Lipinski definition) is 5. The molecule has 1 heterocycles. The maximum atomic E-state index is 12.2. The zero-order valence-corrected chi connectivity index (χ0v) is 13.2. The van der Waals surface area contributed by atoms with Gasteiger partial charge in [-0.2, -0.15) is 4.72 Å². The molecule has 1 unspecified atom stereocenters. The van der Waals surface area contributed by atoms with E-state index in [4.69, 9.17) is 5.11 Å². The number of aromatic carboxylic acids is 1. The van der Waals surface area contributed by atoms with Gasteiger partial charge in [0.15, 0.2) is 0 Å². The van der Waals surface area contributed by atoms with E-state index in [1.54, 1.807) is 0 Å². The normalized spacial score (nSPS) is 16.5. The third kappa shape index (κ3) is 3.80. The van der Waals surface area contributed by atoms with Gasteiger partial charge in [-0.05, 0) is 32.8 Å². The Labute approximate surface area is 126 Å². The number of carbonyl (C=O) groups is 2. The van der Waals surface area contributed by atoms with Crippen LogP contribution in [-0.4, -0.2) is 37.5 Å². The molecule has 1 atom stereocenters. The van der Waals surface area contributed by atoms with E-state index in [0.29, 0.717) is 4.88 Å². The highest BCUT2D eigenvalue weighted by atomic mass is 32.2. The number of aryl methyl sites for hydroxylation is 1. The third-order valence-electron chi connectivity index (χ3n) is 3.02. The SMILES string of the molecule is Cc1sc(C(=O)O)cc1S(=O)(=O)NC(C)C(=O)NC1CC1. The molecule has 0 saturated heterocycles. The maximum absolute atomic E-state index is 12.2. The monoisotopic (exact) mass is 332 g/mol. The first-order chi connectivity index (χ1) is 9.70. The van der Waals surface area contributed by atoms with Gasteiger partial charge in [0.05, 0.1) is 10.9 Å². The summed E-state index contributed by atoms with van der Waals surface area (Å²) in [4.78, 5) is 22.9. The van der Waals surface area contributed by atoms with Crippen molar-refractivity contribution in [3.05, 3.63) is 15.8 Å². The Kier molecular flexibility index (Phi) is 4.35. The molecule has 0 radical (unpaired) electrons. The van der Waals surface area contributed by atoms with Crippen molar-refractivity contribution in [3.63, 3.8) is 0 Å². The van der Waals surface area contributed by atoms with Crippen molar-refractivity contribution < 1.29 is 23.1 Å². The van der Waals surface area contributed by atoms with E-state index in [2.05, 4.69) is 10.0 Å². The van der Waals surface area contributed by atoms with Gasteiger partial charge < -0.3 is 10.4 Å². The highest BCUT2D eigenvalue weighted by Gasteiger charge is 2.29. The van der Waals surface area contributed by atoms with Crippen LogP contribution in [0.4, 0.5) is 0 Å². The fourth-order valence-corrected chi connectivity index (χ4v) is 4.37. The number of rotatable bonds is 6. The summed E-state index contributed by atoms with van der Waals surface area (Å²) in [7, 11) is -3.93. The molecule has 9 heteroatoms. The summed E-state index contributed by atoms with van der Waals surface area (Å²) in [5.41, 5.74) is 0. The summed E-state index contributed by atoms with van der Waals surface area (Å²) < 4.78 is 26.7. The molecule has 21 heavy (non-hydrogen) atoms. The number of carboxylic acids is 1. The minimum Gasteiger partial charge on any atom is -0.477 e. The lowest BCUT2D eigenvalue weighted by Crippen LogP contribution is -2.45. The standard InChI is InChI=1S/C12H16N2O5S2/c1-6(11(15)13-8-3-4-8)14-21(18,19)10-5-9(12(16)17)20-7(10)2/h5-6,8,14H,3-4H2,1-2H3,(H,13,15)(H,16,17). The Bertz CT molecular complexity index is 676. The number of sulfonamides is 1. The molecule has 1 saturated carbocycles. The van der Waals surface area contributed by atoms with Crippen LogP contribution in [-0.2, 0) is 14.8 Å². The van der Waals surface area contributed by atoms with Gasteiger partial charge in [0.2, 0.25) is 15.9 Å². The number of amides is 1. The van der Waals surface area contributed by atoms with E-state index in [1.165, 1.54) is 13.8 Å². The van der Waals surface area contributed by atoms with Crippen molar-refractivity contribution in [1.29, 1.82) is 0 Å². The van der Waals surface area contributed by atoms with E-state index in [1.807, 2.05) is 0 Å². The Morgan fingerprint density at radius 1 is 1.43 bits per heavy atom. The number of thiophene rings is 1. The molecule has 1 fully saturated rings. The average Bonchev–Trinajstić information content (AvgIpc) is 3.07. The van der Waals surface area contributed by atoms with Crippen LogP contribution in [0.5, 0.6) is 0 Å². The predicted octanol–water partition coefficient (Wildman–Crippen LogP) is 0.700. The quantitative estimate of drug-likeness (QED) is 0.710. The van der Waals surface area contributed by atoms with E-state index < -0.39 is 22.0 Å². The minimum absolute atomic E-state index is 0.0528. The summed E-state index contributed by atoms with van der Waals surface area (Å²) >= 11 is 0.886. The molecule has 1 aliphatic rings. The van der Waals surface area contributed by atoms with Gasteiger partial charge in [0, 0.05) is 10.9 Å². The van der Waals surface area contributed by atoms with Crippen molar-refractivity contribution in [2.75, 3.05) is 0 Å². The highest BCUT2D eigenvalue weighted by molar-refractivity contribution is 7.89. The van der Waals surface area contributed by atoms with Gasteiger partial charge in [-0.25, -0.2) is 13.2 Å². The first-order valence-corrected chi connectivity index (χ1v) is 8.67. The lowest BCUT2D eigenvalue weighted by atomic mass is 10.3. The molecule has 2 rings (SSSR count). The van der Waals surface area contributed by atoms with E-state index in [9.17, 15) is 18.0 Å². The van der Waals surface area contributed by atoms with Crippen LogP contribution in [0.1, 0.15) is 34.3 Å². The van der Waals surface area contributed by atoms with Crippen LogP contribution in [0.25, 0.3) is 0 Å². The second-order valence-electron chi connectivity index (χ2n) is 4.96. The summed E-state index contributed by atoms with van der Waals surface area (Å²) in [6, 6.07) is 0.338. The van der Waals surface area contributed by atoms with Crippen molar-refractivity contribution in [2.24, 2.45) is 0 Å². The van der Waals surface area contributed by atoms with Gasteiger partial charge in [-0.15, -0.1) is 11.3 Å². The molecule has 1 aliphatic carbocycles. The summed E-state index contributed by atoms with van der Waals surface area (Å²) in [6.45, 7) is 2.98. The fraction of sp³-hybridized carbons (Fsp3) is 0.500. The molecule has 0 bridgehead atoms. The van der Waals surface area contributed by atoms with Crippen molar-refractivity contribution >= 4 is 33.2 Å². The number of carboxylic acid groups (broad SMARTS) is 1. The third-order valence-corrected chi connectivity index (χ3v) is 5.86. The molecule has 0 aliphatic heterocycles. The number of nitrogens with one attached hydrogen (secondary N) is 2. The van der Waals surface area contributed by atoms with Gasteiger partial charge in [-0.3, -0.25) is 4.79 Å². The molecule has 1 aromatic heterocycles. The fourth-order valence-electron chi connectivity index (χ4n) is 1.74. The van der Waals surface area contributed by atoms with Crippen molar-refractivity contribution in [3.8, 4) is 0 Å². The Morgan fingerprint density at radius 2 is 2.05 bits per heavy atom. The molecular formula is C12H16N2O5S2. The van der Waals surface area contributed by atoms with Crippen LogP contribution >= 0.6 is 11.3 Å². The molecule has 0 aromatic carbocycles. The lowest BCUT2D eigenvalue weighted by molar-refractivity contribution is -0.122. The van der Waals surface area contributed by atoms with Crippen LogP contribution in [0.2, 0.25) is 0 Å². The molecule has 1 amide bonds. The zero-order valence-electron chi connectivity index (χ0n) is 11.5. The van der Waals surface area contributed by atoms with Crippen LogP contribution in [0.3, 0.4) is 0 Å². The van der Waals surface area contributed by atoms with Crippen LogP contribution < -0.4 is 10.0 Å². The topological polar surface area (TPSA) is 113 Å². The Hall–Kier alpha value is -1.45. The number of hydrogen-bond donors (Lipinski definition) is 3. The first-order valence-electron chi connectivity index (χ1n) is 6.37. The Morgan fingerprint density at radius 3 is 2.52 bits per heavy atom. The van der Waals surface area contributed by atoms with E-state index in [-0.39, 0.29) is 21.7 Å². The molecule has 116 valence electrons. The van der Waals surface area contributed by atoms with Crippen molar-refractivity contribution in [2.45, 2.75) is 43.7 Å². The van der Waals surface area contributed by atoms with Crippen molar-refractivity contribution in [1.82, 2.24) is 10.0 Å². The van der Waals surface area contributed by atoms with Crippen LogP contribution in [0.15, 0.2) is 11.0 Å². The van der Waals surface area contributed by atoms with Crippen LogP contribution in [0, 0.1) is 6.92 Å². The average molecular weight is 332 g/mol. The predicted molar refractivity (Wildman–Crippen MR) is 77.0 cm³/mol. The smallest absolute Gasteiger partial charge is 0.345 e. The van der Waals surface area contributed by atoms with Gasteiger partial charge in [0.25, 0.3) is 0 Å². The van der Waals surface area contributed by atoms with E-state index in [0.717, 1.165) is 30.2 Å². The lowest BCUT2D eigenvalue weighted by Gasteiger charge is -2.13. The van der Waals surface area contributed by atoms with Gasteiger partial charge in [0.1, 0.15) is 4.88 Å². The molecular weight excluding hydrogens is 316 g/mol. The van der Waals surface area contributed by atoms with E-state index >= 15 is 0 Å². The Balaban J connectivity index is 2.13. The molecule has 7 nitrogen and oxygen atoms in total. The number of carbonyl (C=O) groups excluding carboxylic acids is 1. The van der Waals surface area contributed by atoms with Gasteiger partial charge >= 0.3 is 5.97 Å². The zero-order chi connectivity index (χ0) is 15.8. The van der Waals surface area contributed by atoms with Gasteiger partial charge in [-0.1, -0.05) is 0 Å². The second-order valence-corrected chi connectivity index (χ2v) is 7.90. The first kappa shape index (κ1) is 15.9. The summed E-state index contributed by atoms with van der Waals surface area (Å²) in [5, 5.41) is 11.6. The summed E-state index contributed by atoms with van der Waals surface area (Å²) in [5.74, 6) is -1.56. The molecule has 3 N–H and O–H groups in total. The largest absolute Gasteiger partial charge is 0.477 e. The molecule has 0 spiro atoms. The highest BCUT2D eigenvalue weighted by Crippen LogP contribution is 2.26. The maximum Gasteiger partial charge on any atom is 0.345 e. The minimum atomic E-state index is -3.93. The summed E-state index contributed by atoms with van der Waals surface area (Å²) in [6.07, 6.45) is 1.83. The second kappa shape index (κ2) is 5.74.